The largest absolute Gasteiger partial charge is 0.493 e. The van der Waals surface area contributed by atoms with Crippen LogP contribution in [0, 0.1) is 0 Å². The summed E-state index contributed by atoms with van der Waals surface area (Å²) in [6.07, 6.45) is 5.46. The average Bonchev–Trinajstić information content (AvgIpc) is 3.17. The third-order valence-corrected chi connectivity index (χ3v) is 4.95. The fourth-order valence-electron chi connectivity index (χ4n) is 3.50. The van der Waals surface area contributed by atoms with E-state index >= 15 is 0 Å². The monoisotopic (exact) mass is 355 g/mol. The predicted octanol–water partition coefficient (Wildman–Crippen LogP) is 5.43. The number of rotatable bonds is 6. The molecule has 0 N–H and O–H groups in total. The van der Waals surface area contributed by atoms with Crippen LogP contribution in [0.4, 0.5) is 0 Å². The van der Waals surface area contributed by atoms with Crippen molar-refractivity contribution in [3.8, 4) is 16.9 Å². The number of likely N-dealkylation sites (N-methyl/N-ethyl adjacent to an activating group) is 1. The molecule has 0 aromatic heterocycles. The summed E-state index contributed by atoms with van der Waals surface area (Å²) in [5, 5.41) is 0. The maximum absolute atomic E-state index is 5.58. The van der Waals surface area contributed by atoms with E-state index in [2.05, 4.69) is 90.8 Å². The number of hydrogen-bond acceptors (Lipinski definition) is 2. The van der Waals surface area contributed by atoms with Crippen molar-refractivity contribution in [1.29, 1.82) is 0 Å². The lowest BCUT2D eigenvalue weighted by Gasteiger charge is -2.15. The summed E-state index contributed by atoms with van der Waals surface area (Å²) >= 11 is 0. The van der Waals surface area contributed by atoms with Crippen LogP contribution >= 0.6 is 0 Å². The number of benzene rings is 3. The van der Waals surface area contributed by atoms with E-state index < -0.39 is 0 Å². The highest BCUT2D eigenvalue weighted by Gasteiger charge is 2.12. The first-order chi connectivity index (χ1) is 13.3. The summed E-state index contributed by atoms with van der Waals surface area (Å²) in [6.45, 7) is 2.69. The summed E-state index contributed by atoms with van der Waals surface area (Å²) in [6, 6.07) is 25.8. The van der Waals surface area contributed by atoms with Gasteiger partial charge in [-0.25, -0.2) is 0 Å². The van der Waals surface area contributed by atoms with E-state index in [-0.39, 0.29) is 0 Å². The number of ether oxygens (including phenoxy) is 1. The minimum Gasteiger partial charge on any atom is -0.493 e. The molecule has 2 nitrogen and oxygen atoms in total. The molecular formula is C25H25NO. The smallest absolute Gasteiger partial charge is 0.122 e. The maximum atomic E-state index is 5.58. The topological polar surface area (TPSA) is 12.5 Å². The molecule has 1 aliphatic rings. The Morgan fingerprint density at radius 1 is 0.926 bits per heavy atom. The normalized spacial score (nSPS) is 13.1. The molecule has 0 spiro atoms. The second-order valence-corrected chi connectivity index (χ2v) is 7.13. The fraction of sp³-hybridized carbons (Fsp3) is 0.200. The highest BCUT2D eigenvalue weighted by Crippen LogP contribution is 2.26. The zero-order chi connectivity index (χ0) is 18.5. The van der Waals surface area contributed by atoms with Gasteiger partial charge in [-0.1, -0.05) is 78.9 Å². The van der Waals surface area contributed by atoms with E-state index in [1.54, 1.807) is 0 Å². The first-order valence-corrected chi connectivity index (χ1v) is 9.53. The lowest BCUT2D eigenvalue weighted by molar-refractivity contribution is 0.356. The molecular weight excluding hydrogens is 330 g/mol. The van der Waals surface area contributed by atoms with Crippen molar-refractivity contribution in [2.45, 2.75) is 13.0 Å². The minimum atomic E-state index is 0.820. The van der Waals surface area contributed by atoms with Crippen molar-refractivity contribution in [1.82, 2.24) is 4.90 Å². The second kappa shape index (κ2) is 8.24. The first kappa shape index (κ1) is 17.6. The van der Waals surface area contributed by atoms with Crippen LogP contribution in [0.15, 0.2) is 78.9 Å². The van der Waals surface area contributed by atoms with Crippen LogP contribution in [-0.4, -0.2) is 25.1 Å². The molecule has 0 aliphatic carbocycles. The zero-order valence-electron chi connectivity index (χ0n) is 15.8. The van der Waals surface area contributed by atoms with E-state index in [1.165, 1.54) is 27.8 Å². The highest BCUT2D eigenvalue weighted by molar-refractivity contribution is 5.65. The van der Waals surface area contributed by atoms with Gasteiger partial charge >= 0.3 is 0 Å². The molecule has 0 bridgehead atoms. The Morgan fingerprint density at radius 3 is 2.52 bits per heavy atom. The molecule has 1 heterocycles. The molecule has 136 valence electrons. The van der Waals surface area contributed by atoms with E-state index in [9.17, 15) is 0 Å². The van der Waals surface area contributed by atoms with Crippen LogP contribution in [0.2, 0.25) is 0 Å². The Hall–Kier alpha value is -2.84. The molecule has 0 fully saturated rings. The van der Waals surface area contributed by atoms with Gasteiger partial charge in [0, 0.05) is 19.5 Å². The van der Waals surface area contributed by atoms with Crippen LogP contribution < -0.4 is 4.74 Å². The van der Waals surface area contributed by atoms with E-state index in [1.807, 2.05) is 6.07 Å². The Morgan fingerprint density at radius 2 is 1.70 bits per heavy atom. The van der Waals surface area contributed by atoms with Crippen LogP contribution in [0.25, 0.3) is 17.2 Å². The van der Waals surface area contributed by atoms with E-state index in [0.717, 1.165) is 31.9 Å². The maximum Gasteiger partial charge on any atom is 0.122 e. The highest BCUT2D eigenvalue weighted by atomic mass is 16.5. The van der Waals surface area contributed by atoms with Gasteiger partial charge in [0.2, 0.25) is 0 Å². The van der Waals surface area contributed by atoms with Crippen molar-refractivity contribution in [2.24, 2.45) is 0 Å². The van der Waals surface area contributed by atoms with Crippen LogP contribution in [0.5, 0.6) is 5.75 Å². The molecule has 0 unspecified atom stereocenters. The van der Waals surface area contributed by atoms with Gasteiger partial charge in [-0.3, -0.25) is 4.90 Å². The van der Waals surface area contributed by atoms with E-state index in [4.69, 9.17) is 4.74 Å². The Balaban J connectivity index is 1.32. The molecule has 0 amide bonds. The van der Waals surface area contributed by atoms with Gasteiger partial charge < -0.3 is 4.74 Å². The van der Waals surface area contributed by atoms with Gasteiger partial charge in [0.15, 0.2) is 0 Å². The van der Waals surface area contributed by atoms with Crippen LogP contribution in [-0.2, 0) is 13.0 Å². The van der Waals surface area contributed by atoms with Gasteiger partial charge in [-0.15, -0.1) is 0 Å². The van der Waals surface area contributed by atoms with Crippen molar-refractivity contribution in [3.05, 3.63) is 95.6 Å². The van der Waals surface area contributed by atoms with Crippen LogP contribution in [0.1, 0.15) is 16.7 Å². The third kappa shape index (κ3) is 4.47. The lowest BCUT2D eigenvalue weighted by atomic mass is 10.0. The van der Waals surface area contributed by atoms with Gasteiger partial charge in [-0.2, -0.15) is 0 Å². The SMILES string of the molecule is CN(CC=Cc1ccc(-c2ccccc2)cc1)Cc1ccc2c(c1)CCO2. The van der Waals surface area contributed by atoms with Crippen molar-refractivity contribution in [2.75, 3.05) is 20.2 Å². The fourth-order valence-corrected chi connectivity index (χ4v) is 3.50. The number of nitrogens with zero attached hydrogens (tertiary/aromatic N) is 1. The molecule has 0 atom stereocenters. The molecule has 3 aromatic rings. The molecule has 27 heavy (non-hydrogen) atoms. The quantitative estimate of drug-likeness (QED) is 0.584. The summed E-state index contributed by atoms with van der Waals surface area (Å²) in [5.41, 5.74) is 6.44. The summed E-state index contributed by atoms with van der Waals surface area (Å²) in [4.78, 5) is 2.33. The van der Waals surface area contributed by atoms with E-state index in [0.29, 0.717) is 0 Å². The van der Waals surface area contributed by atoms with Gasteiger partial charge in [0.1, 0.15) is 5.75 Å². The number of hydrogen-bond donors (Lipinski definition) is 0. The third-order valence-electron chi connectivity index (χ3n) is 4.95. The molecule has 4 rings (SSSR count). The second-order valence-electron chi connectivity index (χ2n) is 7.13. The lowest BCUT2D eigenvalue weighted by Crippen LogP contribution is -2.17. The van der Waals surface area contributed by atoms with Crippen molar-refractivity contribution in [3.63, 3.8) is 0 Å². The van der Waals surface area contributed by atoms with Gasteiger partial charge in [0.05, 0.1) is 6.61 Å². The molecule has 3 aromatic carbocycles. The van der Waals surface area contributed by atoms with Gasteiger partial charge in [0.25, 0.3) is 0 Å². The predicted molar refractivity (Wildman–Crippen MR) is 113 cm³/mol. The standard InChI is InChI=1S/C25H25NO/c1-26(19-21-11-14-25-24(18-21)15-17-27-25)16-5-6-20-9-12-23(13-10-20)22-7-3-2-4-8-22/h2-14,18H,15-17,19H2,1H3. The van der Waals surface area contributed by atoms with Crippen molar-refractivity contribution >= 4 is 6.08 Å². The Labute approximate surface area is 161 Å². The average molecular weight is 355 g/mol. The molecule has 2 heteroatoms. The Kier molecular flexibility index (Phi) is 5.36. The Bertz CT molecular complexity index is 913. The molecule has 0 saturated carbocycles. The molecule has 0 radical (unpaired) electrons. The minimum absolute atomic E-state index is 0.820. The number of fused-ring (bicyclic) bond motifs is 1. The summed E-state index contributed by atoms with van der Waals surface area (Å²) in [5.74, 6) is 1.06. The summed E-state index contributed by atoms with van der Waals surface area (Å²) < 4.78 is 5.58. The van der Waals surface area contributed by atoms with Crippen molar-refractivity contribution < 1.29 is 4.74 Å². The first-order valence-electron chi connectivity index (χ1n) is 9.53. The van der Waals surface area contributed by atoms with Gasteiger partial charge in [-0.05, 0) is 40.9 Å². The molecule has 0 saturated heterocycles. The zero-order valence-corrected chi connectivity index (χ0v) is 15.8. The summed E-state index contributed by atoms with van der Waals surface area (Å²) in [7, 11) is 2.16. The van der Waals surface area contributed by atoms with Crippen LogP contribution in [0.3, 0.4) is 0 Å². The molecule has 1 aliphatic heterocycles.